The van der Waals surface area contributed by atoms with Gasteiger partial charge in [-0.15, -0.1) is 0 Å². The van der Waals surface area contributed by atoms with E-state index in [0.717, 1.165) is 43.3 Å². The standard InChI is InChI=1S/C34H32BO3P/c1-33(2)34(3,4)38-35(37-33)29-13-11-12-25(23-29)26-18-19-28-24-32(21-20-27(28)22-26)39(36,30-14-7-5-8-15-30)31-16-9-6-10-17-31/h5-24H,1-4H3. The van der Waals surface area contributed by atoms with Crippen molar-refractivity contribution in [1.29, 1.82) is 0 Å². The average molecular weight is 530 g/mol. The Bertz CT molecular complexity index is 1640. The Morgan fingerprint density at radius 1 is 0.538 bits per heavy atom. The molecular formula is C34H32BO3P. The van der Waals surface area contributed by atoms with E-state index in [4.69, 9.17) is 9.31 Å². The van der Waals surface area contributed by atoms with Gasteiger partial charge in [0, 0.05) is 15.9 Å². The van der Waals surface area contributed by atoms with Gasteiger partial charge in [-0.1, -0.05) is 109 Å². The quantitative estimate of drug-likeness (QED) is 0.194. The van der Waals surface area contributed by atoms with Crippen LogP contribution in [-0.2, 0) is 13.9 Å². The number of fused-ring (bicyclic) bond motifs is 1. The van der Waals surface area contributed by atoms with E-state index in [9.17, 15) is 4.57 Å². The number of rotatable bonds is 5. The number of benzene rings is 5. The lowest BCUT2D eigenvalue weighted by Gasteiger charge is -2.32. The van der Waals surface area contributed by atoms with Crippen LogP contribution in [0.3, 0.4) is 0 Å². The molecule has 0 aromatic heterocycles. The van der Waals surface area contributed by atoms with Crippen molar-refractivity contribution in [2.45, 2.75) is 38.9 Å². The molecule has 0 N–H and O–H groups in total. The van der Waals surface area contributed by atoms with Crippen LogP contribution in [0.4, 0.5) is 0 Å². The third-order valence-electron chi connectivity index (χ3n) is 8.17. The first-order valence-corrected chi connectivity index (χ1v) is 15.1. The second kappa shape index (κ2) is 9.64. The van der Waals surface area contributed by atoms with Gasteiger partial charge in [0.2, 0.25) is 0 Å². The van der Waals surface area contributed by atoms with E-state index in [1.54, 1.807) is 0 Å². The van der Waals surface area contributed by atoms with Crippen molar-refractivity contribution < 1.29 is 13.9 Å². The van der Waals surface area contributed by atoms with Crippen LogP contribution < -0.4 is 21.4 Å². The molecule has 0 aliphatic carbocycles. The monoisotopic (exact) mass is 530 g/mol. The Morgan fingerprint density at radius 2 is 1.08 bits per heavy atom. The van der Waals surface area contributed by atoms with Crippen LogP contribution in [-0.4, -0.2) is 18.3 Å². The van der Waals surface area contributed by atoms with Crippen molar-refractivity contribution in [2.75, 3.05) is 0 Å². The number of hydrogen-bond acceptors (Lipinski definition) is 3. The van der Waals surface area contributed by atoms with Crippen LogP contribution >= 0.6 is 7.14 Å². The van der Waals surface area contributed by atoms with E-state index in [-0.39, 0.29) is 11.2 Å². The normalized spacial score (nSPS) is 16.5. The van der Waals surface area contributed by atoms with Crippen LogP contribution in [0.1, 0.15) is 27.7 Å². The van der Waals surface area contributed by atoms with E-state index in [1.165, 1.54) is 0 Å². The summed E-state index contributed by atoms with van der Waals surface area (Å²) in [4.78, 5) is 0. The molecule has 1 saturated heterocycles. The highest BCUT2D eigenvalue weighted by Crippen LogP contribution is 2.43. The molecule has 0 radical (unpaired) electrons. The summed E-state index contributed by atoms with van der Waals surface area (Å²) >= 11 is 0. The molecule has 0 atom stereocenters. The maximum absolute atomic E-state index is 14.8. The fourth-order valence-electron chi connectivity index (χ4n) is 5.18. The Hall–Kier alpha value is -3.43. The third kappa shape index (κ3) is 4.57. The maximum atomic E-state index is 14.8. The van der Waals surface area contributed by atoms with Crippen molar-refractivity contribution >= 4 is 46.4 Å². The molecule has 39 heavy (non-hydrogen) atoms. The minimum atomic E-state index is -3.02. The second-order valence-corrected chi connectivity index (χ2v) is 14.0. The summed E-state index contributed by atoms with van der Waals surface area (Å²) in [6.45, 7) is 8.29. The molecule has 1 fully saturated rings. The van der Waals surface area contributed by atoms with Gasteiger partial charge in [-0.05, 0) is 67.2 Å². The van der Waals surface area contributed by atoms with Gasteiger partial charge in [0.1, 0.15) is 0 Å². The van der Waals surface area contributed by atoms with Crippen molar-refractivity contribution in [3.8, 4) is 11.1 Å². The summed E-state index contributed by atoms with van der Waals surface area (Å²) in [6, 6.07) is 40.6. The fourth-order valence-corrected chi connectivity index (χ4v) is 7.86. The lowest BCUT2D eigenvalue weighted by Crippen LogP contribution is -2.41. The fraction of sp³-hybridized carbons (Fsp3) is 0.176. The van der Waals surface area contributed by atoms with Crippen molar-refractivity contribution in [2.24, 2.45) is 0 Å². The molecule has 0 saturated carbocycles. The summed E-state index contributed by atoms with van der Waals surface area (Å²) in [7, 11) is -3.42. The molecule has 0 unspecified atom stereocenters. The largest absolute Gasteiger partial charge is 0.494 e. The van der Waals surface area contributed by atoms with Gasteiger partial charge >= 0.3 is 7.12 Å². The van der Waals surface area contributed by atoms with Crippen LogP contribution in [0.2, 0.25) is 0 Å². The lowest BCUT2D eigenvalue weighted by molar-refractivity contribution is 0.00578. The number of hydrogen-bond donors (Lipinski definition) is 0. The molecule has 0 amide bonds. The highest BCUT2D eigenvalue weighted by Gasteiger charge is 2.51. The van der Waals surface area contributed by atoms with Gasteiger partial charge in [-0.25, -0.2) is 0 Å². The van der Waals surface area contributed by atoms with Crippen molar-refractivity contribution in [3.05, 3.63) is 121 Å². The van der Waals surface area contributed by atoms with Gasteiger partial charge in [0.25, 0.3) is 0 Å². The Balaban J connectivity index is 1.37. The first-order chi connectivity index (χ1) is 18.7. The topological polar surface area (TPSA) is 35.5 Å². The van der Waals surface area contributed by atoms with Crippen LogP contribution in [0, 0.1) is 0 Å². The summed E-state index contributed by atoms with van der Waals surface area (Å²) in [6.07, 6.45) is 0. The molecule has 6 rings (SSSR count). The molecule has 1 heterocycles. The summed E-state index contributed by atoms with van der Waals surface area (Å²) in [5.41, 5.74) is 2.46. The molecule has 5 aromatic rings. The van der Waals surface area contributed by atoms with Gasteiger partial charge in [0.15, 0.2) is 7.14 Å². The molecular weight excluding hydrogens is 498 g/mol. The molecule has 1 aliphatic heterocycles. The van der Waals surface area contributed by atoms with Gasteiger partial charge < -0.3 is 13.9 Å². The lowest BCUT2D eigenvalue weighted by atomic mass is 9.78. The van der Waals surface area contributed by atoms with Crippen LogP contribution in [0.5, 0.6) is 0 Å². The summed E-state index contributed by atoms with van der Waals surface area (Å²) in [5.74, 6) is 0. The predicted molar refractivity (Wildman–Crippen MR) is 164 cm³/mol. The van der Waals surface area contributed by atoms with E-state index in [1.807, 2.05) is 66.7 Å². The zero-order valence-corrected chi connectivity index (χ0v) is 23.7. The van der Waals surface area contributed by atoms with Crippen molar-refractivity contribution in [3.63, 3.8) is 0 Å². The predicted octanol–water partition coefficient (Wildman–Crippen LogP) is 6.45. The second-order valence-electron chi connectivity index (χ2n) is 11.2. The first-order valence-electron chi connectivity index (χ1n) is 13.4. The molecule has 0 bridgehead atoms. The molecule has 5 aromatic carbocycles. The zero-order valence-electron chi connectivity index (χ0n) is 22.8. The smallest absolute Gasteiger partial charge is 0.399 e. The van der Waals surface area contributed by atoms with Crippen LogP contribution in [0.25, 0.3) is 21.9 Å². The maximum Gasteiger partial charge on any atom is 0.494 e. The van der Waals surface area contributed by atoms with Gasteiger partial charge in [-0.2, -0.15) is 0 Å². The van der Waals surface area contributed by atoms with E-state index in [0.29, 0.717) is 0 Å². The molecule has 1 aliphatic rings. The highest BCUT2D eigenvalue weighted by molar-refractivity contribution is 7.85. The van der Waals surface area contributed by atoms with E-state index < -0.39 is 14.3 Å². The summed E-state index contributed by atoms with van der Waals surface area (Å²) < 4.78 is 27.3. The molecule has 0 spiro atoms. The van der Waals surface area contributed by atoms with Gasteiger partial charge in [-0.3, -0.25) is 0 Å². The molecule has 194 valence electrons. The SMILES string of the molecule is CC1(C)OB(c2cccc(-c3ccc4cc(P(=O)(c5ccccc5)c5ccccc5)ccc4c3)c2)OC1(C)C. The third-order valence-corrected chi connectivity index (χ3v) is 11.2. The van der Waals surface area contributed by atoms with E-state index >= 15 is 0 Å². The molecule has 3 nitrogen and oxygen atoms in total. The van der Waals surface area contributed by atoms with E-state index in [2.05, 4.69) is 82.3 Å². The minimum Gasteiger partial charge on any atom is -0.399 e. The first kappa shape index (κ1) is 25.8. The van der Waals surface area contributed by atoms with Gasteiger partial charge in [0.05, 0.1) is 11.2 Å². The summed E-state index contributed by atoms with van der Waals surface area (Å²) in [5, 5.41) is 4.68. The Morgan fingerprint density at radius 3 is 1.69 bits per heavy atom. The highest BCUT2D eigenvalue weighted by atomic mass is 31.2. The zero-order chi connectivity index (χ0) is 27.3. The average Bonchev–Trinajstić information content (AvgIpc) is 3.19. The Kier molecular flexibility index (Phi) is 6.39. The minimum absolute atomic E-state index is 0.382. The van der Waals surface area contributed by atoms with Crippen LogP contribution in [0.15, 0.2) is 121 Å². The Labute approximate surface area is 231 Å². The van der Waals surface area contributed by atoms with Crippen molar-refractivity contribution in [1.82, 2.24) is 0 Å². The molecule has 5 heteroatoms.